The molecule has 2 aromatic rings. The first-order chi connectivity index (χ1) is 15.3. The van der Waals surface area contributed by atoms with E-state index in [0.717, 1.165) is 23.0 Å². The molecule has 4 aliphatic rings. The molecule has 32 heavy (non-hydrogen) atoms. The van der Waals surface area contributed by atoms with Crippen LogP contribution in [0.2, 0.25) is 10.0 Å². The van der Waals surface area contributed by atoms with Crippen molar-refractivity contribution >= 4 is 52.3 Å². The zero-order valence-electron chi connectivity index (χ0n) is 17.0. The molecule has 0 radical (unpaired) electrons. The second kappa shape index (κ2) is 6.53. The number of hydrogen-bond donors (Lipinski definition) is 1. The van der Waals surface area contributed by atoms with Crippen LogP contribution in [-0.2, 0) is 19.9 Å². The molecule has 0 saturated carbocycles. The number of rotatable bonds is 1. The minimum Gasteiger partial charge on any atom is -0.323 e. The van der Waals surface area contributed by atoms with E-state index in [4.69, 9.17) is 23.2 Å². The molecule has 0 aliphatic carbocycles. The fraction of sp³-hybridized carbons (Fsp3) is 0.348. The number of amides is 3. The van der Waals surface area contributed by atoms with Crippen LogP contribution in [-0.4, -0.2) is 35.2 Å². The van der Waals surface area contributed by atoms with Gasteiger partial charge in [-0.25, -0.2) is 9.29 Å². The smallest absolute Gasteiger partial charge is 0.250 e. The summed E-state index contributed by atoms with van der Waals surface area (Å²) in [7, 11) is 0. The predicted octanol–water partition coefficient (Wildman–Crippen LogP) is 3.87. The van der Waals surface area contributed by atoms with Crippen LogP contribution in [0.25, 0.3) is 0 Å². The van der Waals surface area contributed by atoms with E-state index in [0.29, 0.717) is 29.2 Å². The molecule has 1 spiro atoms. The number of imide groups is 1. The van der Waals surface area contributed by atoms with Crippen molar-refractivity contribution in [2.75, 3.05) is 16.8 Å². The SMILES string of the molecule is Cc1cc(Cl)c2c(c1)[C@]1(C(=O)N2)[C@@H]2C(=O)N(c3ccc(F)c(Cl)c3)C(=O)[C@@H]2[C@@H]2CCCN21. The first-order valence-electron chi connectivity index (χ1n) is 10.5. The molecule has 9 heteroatoms. The number of nitrogens with one attached hydrogen (secondary N) is 1. The average Bonchev–Trinajstić information content (AvgIpc) is 3.44. The fourth-order valence-electron chi connectivity index (χ4n) is 6.27. The van der Waals surface area contributed by atoms with Crippen LogP contribution >= 0.6 is 23.2 Å². The third kappa shape index (κ3) is 2.26. The van der Waals surface area contributed by atoms with Crippen LogP contribution in [0.5, 0.6) is 0 Å². The molecule has 6 nitrogen and oxygen atoms in total. The van der Waals surface area contributed by atoms with Gasteiger partial charge in [-0.15, -0.1) is 0 Å². The highest BCUT2D eigenvalue weighted by atomic mass is 35.5. The number of halogens is 3. The van der Waals surface area contributed by atoms with Crippen LogP contribution in [0.1, 0.15) is 24.0 Å². The number of hydrogen-bond acceptors (Lipinski definition) is 4. The standard InChI is InChI=1S/C23H18Cl2FN3O3/c1-10-7-12-19(14(25)8-10)27-22(32)23(12)18-17(16-3-2-6-28(16)23)20(30)29(21(18)31)11-4-5-15(26)13(24)9-11/h4-5,7-9,16-18H,2-3,6H2,1H3,(H,27,32)/t16-,17+,18-,23+/m0/s1. The van der Waals surface area contributed by atoms with Gasteiger partial charge >= 0.3 is 0 Å². The highest BCUT2D eigenvalue weighted by molar-refractivity contribution is 6.35. The fourth-order valence-corrected chi connectivity index (χ4v) is 6.77. The number of anilines is 2. The lowest BCUT2D eigenvalue weighted by molar-refractivity contribution is -0.135. The van der Waals surface area contributed by atoms with Crippen LogP contribution in [0, 0.1) is 24.6 Å². The minimum atomic E-state index is -1.30. The zero-order valence-corrected chi connectivity index (χ0v) is 18.5. The lowest BCUT2D eigenvalue weighted by Crippen LogP contribution is -2.54. The van der Waals surface area contributed by atoms with Gasteiger partial charge in [-0.1, -0.05) is 29.3 Å². The molecule has 0 bridgehead atoms. The Bertz CT molecular complexity index is 1250. The maximum Gasteiger partial charge on any atom is 0.250 e. The van der Waals surface area contributed by atoms with Crippen molar-refractivity contribution < 1.29 is 18.8 Å². The number of fused-ring (bicyclic) bond motifs is 7. The summed E-state index contributed by atoms with van der Waals surface area (Å²) < 4.78 is 13.7. The Balaban J connectivity index is 1.57. The molecular formula is C23H18Cl2FN3O3. The van der Waals surface area contributed by atoms with Gasteiger partial charge in [0.25, 0.3) is 5.91 Å². The van der Waals surface area contributed by atoms with Gasteiger partial charge in [0, 0.05) is 11.6 Å². The number of aryl methyl sites for hydroxylation is 1. The molecule has 4 aliphatic heterocycles. The Labute approximate surface area is 193 Å². The van der Waals surface area contributed by atoms with E-state index in [-0.39, 0.29) is 28.6 Å². The quantitative estimate of drug-likeness (QED) is 0.638. The van der Waals surface area contributed by atoms with Gasteiger partial charge < -0.3 is 5.32 Å². The van der Waals surface area contributed by atoms with E-state index in [1.54, 1.807) is 6.07 Å². The van der Waals surface area contributed by atoms with E-state index < -0.39 is 29.1 Å². The van der Waals surface area contributed by atoms with Crippen molar-refractivity contribution in [1.82, 2.24) is 4.90 Å². The van der Waals surface area contributed by atoms with E-state index in [2.05, 4.69) is 5.32 Å². The van der Waals surface area contributed by atoms with Crippen molar-refractivity contribution in [3.8, 4) is 0 Å². The highest BCUT2D eigenvalue weighted by Gasteiger charge is 2.74. The van der Waals surface area contributed by atoms with Crippen LogP contribution in [0.15, 0.2) is 30.3 Å². The molecule has 3 amide bonds. The predicted molar refractivity (Wildman–Crippen MR) is 117 cm³/mol. The minimum absolute atomic E-state index is 0.177. The first kappa shape index (κ1) is 20.1. The van der Waals surface area contributed by atoms with Crippen molar-refractivity contribution in [2.45, 2.75) is 31.3 Å². The molecule has 3 saturated heterocycles. The Morgan fingerprint density at radius 2 is 1.88 bits per heavy atom. The third-order valence-electron chi connectivity index (χ3n) is 7.36. The van der Waals surface area contributed by atoms with Crippen LogP contribution in [0.3, 0.4) is 0 Å². The molecule has 0 aromatic heterocycles. The zero-order chi connectivity index (χ0) is 22.5. The molecule has 4 atom stereocenters. The van der Waals surface area contributed by atoms with Crippen molar-refractivity contribution in [3.63, 3.8) is 0 Å². The Morgan fingerprint density at radius 3 is 2.62 bits per heavy atom. The lowest BCUT2D eigenvalue weighted by atomic mass is 9.75. The molecule has 0 unspecified atom stereocenters. The summed E-state index contributed by atoms with van der Waals surface area (Å²) in [6, 6.07) is 7.17. The first-order valence-corrected chi connectivity index (χ1v) is 11.2. The molecule has 4 heterocycles. The maximum atomic E-state index is 13.8. The van der Waals surface area contributed by atoms with Gasteiger partial charge in [-0.3, -0.25) is 19.3 Å². The summed E-state index contributed by atoms with van der Waals surface area (Å²) in [5.74, 6) is -3.40. The number of carbonyl (C=O) groups is 3. The largest absolute Gasteiger partial charge is 0.323 e. The van der Waals surface area contributed by atoms with E-state index in [9.17, 15) is 18.8 Å². The molecule has 1 N–H and O–H groups in total. The number of nitrogens with zero attached hydrogens (tertiary/aromatic N) is 2. The van der Waals surface area contributed by atoms with Gasteiger partial charge in [0.15, 0.2) is 0 Å². The molecule has 164 valence electrons. The van der Waals surface area contributed by atoms with Crippen molar-refractivity contribution in [1.29, 1.82) is 0 Å². The summed E-state index contributed by atoms with van der Waals surface area (Å²) in [5, 5.41) is 3.12. The van der Waals surface area contributed by atoms with Crippen LogP contribution < -0.4 is 10.2 Å². The summed E-state index contributed by atoms with van der Waals surface area (Å²) in [6.45, 7) is 2.49. The van der Waals surface area contributed by atoms with Gasteiger partial charge in [-0.2, -0.15) is 0 Å². The third-order valence-corrected chi connectivity index (χ3v) is 7.95. The summed E-state index contributed by atoms with van der Waals surface area (Å²) in [6.07, 6.45) is 1.53. The summed E-state index contributed by atoms with van der Waals surface area (Å²) in [4.78, 5) is 44.2. The number of benzene rings is 2. The Kier molecular flexibility index (Phi) is 4.11. The maximum absolute atomic E-state index is 13.8. The second-order valence-corrected chi connectivity index (χ2v) is 9.72. The summed E-state index contributed by atoms with van der Waals surface area (Å²) >= 11 is 12.4. The normalized spacial score (nSPS) is 30.8. The van der Waals surface area contributed by atoms with Gasteiger partial charge in [0.05, 0.1) is 33.3 Å². The summed E-state index contributed by atoms with van der Waals surface area (Å²) in [5.41, 5.74) is 0.913. The number of carbonyl (C=O) groups excluding carboxylic acids is 3. The molecule has 6 rings (SSSR count). The van der Waals surface area contributed by atoms with E-state index in [1.807, 2.05) is 17.9 Å². The second-order valence-electron chi connectivity index (χ2n) is 8.91. The molecule has 3 fully saturated rings. The Morgan fingerprint density at radius 1 is 1.09 bits per heavy atom. The van der Waals surface area contributed by atoms with Gasteiger partial charge in [0.2, 0.25) is 11.8 Å². The van der Waals surface area contributed by atoms with Crippen molar-refractivity contribution in [2.24, 2.45) is 11.8 Å². The lowest BCUT2D eigenvalue weighted by Gasteiger charge is -2.36. The van der Waals surface area contributed by atoms with E-state index >= 15 is 0 Å². The van der Waals surface area contributed by atoms with Gasteiger partial charge in [-0.05, 0) is 56.1 Å². The topological polar surface area (TPSA) is 69.7 Å². The monoisotopic (exact) mass is 473 g/mol. The van der Waals surface area contributed by atoms with Crippen LogP contribution in [0.4, 0.5) is 15.8 Å². The molecule has 2 aromatic carbocycles. The molecular weight excluding hydrogens is 456 g/mol. The Hall–Kier alpha value is -2.48. The van der Waals surface area contributed by atoms with Gasteiger partial charge in [0.1, 0.15) is 11.4 Å². The van der Waals surface area contributed by atoms with Crippen molar-refractivity contribution in [3.05, 3.63) is 57.3 Å². The average molecular weight is 474 g/mol. The highest BCUT2D eigenvalue weighted by Crippen LogP contribution is 2.61. The van der Waals surface area contributed by atoms with E-state index in [1.165, 1.54) is 12.1 Å².